The van der Waals surface area contributed by atoms with Gasteiger partial charge in [-0.25, -0.2) is 24.5 Å². The van der Waals surface area contributed by atoms with Crippen LogP contribution in [0.2, 0.25) is 0 Å². The summed E-state index contributed by atoms with van der Waals surface area (Å²) in [7, 11) is -11.3. The molecule has 0 bridgehead atoms. The summed E-state index contributed by atoms with van der Waals surface area (Å²) in [5.41, 5.74) is 5.86. The minimum absolute atomic E-state index is 0.0315. The SMILES string of the molecule is Nc1ncnc2c1ncn2[C@@H]1O[C@H](COP(=O)(O)C(C(=O)OC(=O)c2ccccc2)P(=O)(O)O)[C@@H](O)[C@H]1O. The van der Waals surface area contributed by atoms with E-state index in [1.165, 1.54) is 35.2 Å². The zero-order chi connectivity index (χ0) is 27.8. The number of imidazole rings is 1. The molecule has 1 aliphatic rings. The monoisotopic (exact) mass is 573 g/mol. The molecule has 1 aliphatic heterocycles. The van der Waals surface area contributed by atoms with E-state index in [-0.39, 0.29) is 22.5 Å². The standard InChI is InChI=1S/C19H21N5O12P2/c20-14-11-15(22-7-21-14)24(8-23-11)16-13(26)12(25)10(35-16)6-34-38(32,33)19(37(29,30)31)18(28)36-17(27)9-4-2-1-3-5-9/h1-5,7-8,10,12-13,16,19,25-26H,6H2,(H,32,33)(H2,20,21,22)(H2,29,30,31)/t10-,12-,13-,16-,19?/m1/s1. The highest BCUT2D eigenvalue weighted by molar-refractivity contribution is 7.72. The van der Waals surface area contributed by atoms with E-state index in [4.69, 9.17) is 15.0 Å². The minimum atomic E-state index is -5.73. The van der Waals surface area contributed by atoms with Gasteiger partial charge in [-0.3, -0.25) is 13.7 Å². The molecule has 6 atom stereocenters. The Hall–Kier alpha value is -3.11. The summed E-state index contributed by atoms with van der Waals surface area (Å²) >= 11 is 0. The van der Waals surface area contributed by atoms with E-state index in [1.807, 2.05) is 0 Å². The van der Waals surface area contributed by atoms with Crippen LogP contribution in [-0.2, 0) is 27.9 Å². The van der Waals surface area contributed by atoms with Crippen molar-refractivity contribution in [1.82, 2.24) is 19.5 Å². The van der Waals surface area contributed by atoms with E-state index in [9.17, 15) is 43.6 Å². The summed E-state index contributed by atoms with van der Waals surface area (Å²) in [6.07, 6.45) is -3.90. The zero-order valence-electron chi connectivity index (χ0n) is 19.0. The van der Waals surface area contributed by atoms with E-state index in [2.05, 4.69) is 19.7 Å². The normalized spacial score (nSPS) is 24.1. The summed E-state index contributed by atoms with van der Waals surface area (Å²) in [4.78, 5) is 65.7. The molecule has 0 amide bonds. The molecule has 7 N–H and O–H groups in total. The van der Waals surface area contributed by atoms with Gasteiger partial charge < -0.3 is 44.6 Å². The molecule has 0 spiro atoms. The number of nitrogen functional groups attached to an aromatic ring is 1. The predicted molar refractivity (Wildman–Crippen MR) is 124 cm³/mol. The molecule has 3 heterocycles. The summed E-state index contributed by atoms with van der Waals surface area (Å²) in [6, 6.07) is 6.87. The summed E-state index contributed by atoms with van der Waals surface area (Å²) in [5, 5.41) is 17.8. The number of carbonyl (C=O) groups excluding carboxylic acids is 2. The van der Waals surface area contributed by atoms with E-state index in [0.29, 0.717) is 0 Å². The molecule has 0 aliphatic carbocycles. The summed E-state index contributed by atoms with van der Waals surface area (Å²) in [5.74, 6) is -3.30. The van der Waals surface area contributed by atoms with E-state index in [0.717, 1.165) is 6.33 Å². The lowest BCUT2D eigenvalue weighted by Crippen LogP contribution is -2.34. The topological polar surface area (TPSA) is 267 Å². The third kappa shape index (κ3) is 5.51. The number of hydrogen-bond donors (Lipinski definition) is 6. The molecule has 1 saturated heterocycles. The Bertz CT molecular complexity index is 1450. The average molecular weight is 573 g/mol. The fourth-order valence-electron chi connectivity index (χ4n) is 3.64. The first kappa shape index (κ1) is 27.9. The molecule has 17 nitrogen and oxygen atoms in total. The van der Waals surface area contributed by atoms with Crippen molar-refractivity contribution in [3.63, 3.8) is 0 Å². The minimum Gasteiger partial charge on any atom is -0.388 e. The molecule has 1 aromatic carbocycles. The Morgan fingerprint density at radius 3 is 2.42 bits per heavy atom. The van der Waals surface area contributed by atoms with Gasteiger partial charge in [0, 0.05) is 0 Å². The molecule has 38 heavy (non-hydrogen) atoms. The van der Waals surface area contributed by atoms with Gasteiger partial charge in [0.1, 0.15) is 30.2 Å². The molecule has 0 radical (unpaired) electrons. The first-order valence-electron chi connectivity index (χ1n) is 10.6. The molecule has 1 fully saturated rings. The molecular weight excluding hydrogens is 552 g/mol. The first-order chi connectivity index (χ1) is 17.8. The second kappa shape index (κ2) is 10.6. The average Bonchev–Trinajstić information content (AvgIpc) is 3.39. The van der Waals surface area contributed by atoms with Crippen LogP contribution < -0.4 is 5.73 Å². The zero-order valence-corrected chi connectivity index (χ0v) is 20.8. The molecular formula is C19H21N5O12P2. The smallest absolute Gasteiger partial charge is 0.354 e. The van der Waals surface area contributed by atoms with Gasteiger partial charge >= 0.3 is 27.1 Å². The molecule has 19 heteroatoms. The van der Waals surface area contributed by atoms with Crippen molar-refractivity contribution in [2.45, 2.75) is 29.9 Å². The molecule has 4 rings (SSSR count). The second-order valence-corrected chi connectivity index (χ2v) is 12.0. The number of fused-ring (bicyclic) bond motifs is 1. The van der Waals surface area contributed by atoms with Crippen LogP contribution in [0.25, 0.3) is 11.2 Å². The third-order valence-electron chi connectivity index (χ3n) is 5.46. The molecule has 204 valence electrons. The largest absolute Gasteiger partial charge is 0.388 e. The van der Waals surface area contributed by atoms with Crippen molar-refractivity contribution in [2.75, 3.05) is 12.3 Å². The Labute approximate surface area is 212 Å². The fourth-order valence-corrected chi connectivity index (χ4v) is 6.51. The maximum atomic E-state index is 12.8. The van der Waals surface area contributed by atoms with Crippen molar-refractivity contribution in [3.05, 3.63) is 48.5 Å². The van der Waals surface area contributed by atoms with Gasteiger partial charge in [-0.15, -0.1) is 0 Å². The lowest BCUT2D eigenvalue weighted by molar-refractivity contribution is -0.136. The van der Waals surface area contributed by atoms with Gasteiger partial charge in [0.15, 0.2) is 17.7 Å². The van der Waals surface area contributed by atoms with Crippen molar-refractivity contribution >= 4 is 44.1 Å². The maximum absolute atomic E-state index is 12.8. The van der Waals surface area contributed by atoms with Crippen LogP contribution >= 0.6 is 15.2 Å². The predicted octanol–water partition coefficient (Wildman–Crippen LogP) is -0.883. The summed E-state index contributed by atoms with van der Waals surface area (Å²) < 4.78 is 40.6. The van der Waals surface area contributed by atoms with Gasteiger partial charge in [-0.05, 0) is 12.1 Å². The van der Waals surface area contributed by atoms with Crippen LogP contribution in [-0.4, -0.2) is 86.7 Å². The number of aliphatic hydroxyl groups excluding tert-OH is 2. The van der Waals surface area contributed by atoms with Gasteiger partial charge in [0.25, 0.3) is 5.40 Å². The second-order valence-electron chi connectivity index (χ2n) is 8.03. The Balaban J connectivity index is 1.49. The number of aliphatic hydroxyl groups is 2. The van der Waals surface area contributed by atoms with Crippen LogP contribution in [0.15, 0.2) is 43.0 Å². The lowest BCUT2D eigenvalue weighted by atomic mass is 10.1. The fraction of sp³-hybridized carbons (Fsp3) is 0.316. The highest BCUT2D eigenvalue weighted by Gasteiger charge is 2.54. The Morgan fingerprint density at radius 1 is 1.08 bits per heavy atom. The highest BCUT2D eigenvalue weighted by atomic mass is 31.2. The highest BCUT2D eigenvalue weighted by Crippen LogP contribution is 2.63. The van der Waals surface area contributed by atoms with Crippen LogP contribution in [0.3, 0.4) is 0 Å². The first-order valence-corrected chi connectivity index (χ1v) is 13.9. The number of hydrogen-bond acceptors (Lipinski definition) is 13. The van der Waals surface area contributed by atoms with E-state index < -0.39 is 63.7 Å². The Morgan fingerprint density at radius 2 is 1.76 bits per heavy atom. The van der Waals surface area contributed by atoms with Crippen LogP contribution in [0.4, 0.5) is 5.82 Å². The number of benzene rings is 1. The van der Waals surface area contributed by atoms with Crippen LogP contribution in [0, 0.1) is 0 Å². The molecule has 2 aromatic heterocycles. The van der Waals surface area contributed by atoms with Gasteiger partial charge in [0.05, 0.1) is 18.5 Å². The van der Waals surface area contributed by atoms with Crippen molar-refractivity contribution in [1.29, 1.82) is 0 Å². The molecule has 3 aromatic rings. The quantitative estimate of drug-likeness (QED) is 0.108. The Kier molecular flexibility index (Phi) is 7.76. The number of nitrogens with zero attached hydrogens (tertiary/aromatic N) is 4. The molecule has 0 saturated carbocycles. The van der Waals surface area contributed by atoms with E-state index in [1.54, 1.807) is 6.07 Å². The van der Waals surface area contributed by atoms with Gasteiger partial charge in [-0.1, -0.05) is 18.2 Å². The lowest BCUT2D eigenvalue weighted by Gasteiger charge is -2.23. The number of rotatable bonds is 8. The molecule has 2 unspecified atom stereocenters. The van der Waals surface area contributed by atoms with Gasteiger partial charge in [-0.2, -0.15) is 0 Å². The summed E-state index contributed by atoms with van der Waals surface area (Å²) in [6.45, 7) is -1.01. The number of anilines is 1. The van der Waals surface area contributed by atoms with Crippen LogP contribution in [0.1, 0.15) is 16.6 Å². The number of carbonyl (C=O) groups is 2. The number of nitrogens with two attached hydrogens (primary N) is 1. The van der Waals surface area contributed by atoms with Crippen molar-refractivity contribution in [2.24, 2.45) is 0 Å². The number of ether oxygens (including phenoxy) is 2. The van der Waals surface area contributed by atoms with E-state index >= 15 is 0 Å². The maximum Gasteiger partial charge on any atom is 0.354 e. The number of aromatic nitrogens is 4. The third-order valence-corrected chi connectivity index (χ3v) is 9.44. The van der Waals surface area contributed by atoms with Crippen LogP contribution in [0.5, 0.6) is 0 Å². The van der Waals surface area contributed by atoms with Crippen molar-refractivity contribution in [3.8, 4) is 0 Å². The van der Waals surface area contributed by atoms with Crippen molar-refractivity contribution < 1.29 is 57.6 Å². The van der Waals surface area contributed by atoms with Gasteiger partial charge in [0.2, 0.25) is 0 Å². The number of esters is 2.